The fourth-order valence-electron chi connectivity index (χ4n) is 3.95. The third kappa shape index (κ3) is 5.62. The average Bonchev–Trinajstić information content (AvgIpc) is 2.87. The summed E-state index contributed by atoms with van der Waals surface area (Å²) in [4.78, 5) is 13.4. The molecule has 2 N–H and O–H groups in total. The molecule has 0 aliphatic carbocycles. The number of fused-ring (bicyclic) bond motifs is 1. The lowest BCUT2D eigenvalue weighted by atomic mass is 10.2. The summed E-state index contributed by atoms with van der Waals surface area (Å²) in [5, 5.41) is 2.64. The number of methoxy groups -OCH3 is 1. The van der Waals surface area contributed by atoms with E-state index in [2.05, 4.69) is 10.0 Å². The van der Waals surface area contributed by atoms with Crippen molar-refractivity contribution in [2.75, 3.05) is 23.3 Å². The van der Waals surface area contributed by atoms with Gasteiger partial charge in [-0.3, -0.25) is 9.10 Å². The molecule has 12 heteroatoms. The molecule has 38 heavy (non-hydrogen) atoms. The highest BCUT2D eigenvalue weighted by Gasteiger charge is 2.37. The molecule has 1 aliphatic heterocycles. The van der Waals surface area contributed by atoms with Crippen LogP contribution in [-0.4, -0.2) is 48.5 Å². The SMILES string of the molecule is COc1ccc(S(=O)(=O)NC(C)C)cc1NC(=O)C1CN(S(=O)(=O)c2ccc(C)cc2)c2ccccc2O1. The van der Waals surface area contributed by atoms with Gasteiger partial charge in [0.2, 0.25) is 10.0 Å². The maximum atomic E-state index is 13.6. The molecule has 0 aromatic heterocycles. The van der Waals surface area contributed by atoms with Crippen LogP contribution in [0.4, 0.5) is 11.4 Å². The minimum atomic E-state index is -4.02. The van der Waals surface area contributed by atoms with Crippen molar-refractivity contribution < 1.29 is 31.1 Å². The Morgan fingerprint density at radius 1 is 1.00 bits per heavy atom. The maximum absolute atomic E-state index is 13.6. The number of benzene rings is 3. The molecule has 4 rings (SSSR count). The van der Waals surface area contributed by atoms with Gasteiger partial charge in [0, 0.05) is 6.04 Å². The summed E-state index contributed by atoms with van der Waals surface area (Å²) >= 11 is 0. The highest BCUT2D eigenvalue weighted by atomic mass is 32.2. The zero-order chi connectivity index (χ0) is 27.7. The number of anilines is 2. The summed E-state index contributed by atoms with van der Waals surface area (Å²) in [7, 11) is -6.48. The van der Waals surface area contributed by atoms with Crippen LogP contribution in [0.25, 0.3) is 0 Å². The third-order valence-electron chi connectivity index (χ3n) is 5.77. The van der Waals surface area contributed by atoms with Gasteiger partial charge in [0.15, 0.2) is 6.10 Å². The predicted molar refractivity (Wildman–Crippen MR) is 144 cm³/mol. The first kappa shape index (κ1) is 27.4. The van der Waals surface area contributed by atoms with Gasteiger partial charge < -0.3 is 14.8 Å². The van der Waals surface area contributed by atoms with Gasteiger partial charge in [0.1, 0.15) is 11.5 Å². The van der Waals surface area contributed by atoms with Crippen LogP contribution in [-0.2, 0) is 24.8 Å². The fourth-order valence-corrected chi connectivity index (χ4v) is 6.70. The lowest BCUT2D eigenvalue weighted by Gasteiger charge is -2.34. The molecular formula is C26H29N3O7S2. The fraction of sp³-hybridized carbons (Fsp3) is 0.269. The Bertz CT molecular complexity index is 1550. The summed E-state index contributed by atoms with van der Waals surface area (Å²) in [6, 6.07) is 16.7. The Morgan fingerprint density at radius 2 is 1.66 bits per heavy atom. The van der Waals surface area contributed by atoms with Gasteiger partial charge in [0.05, 0.1) is 34.8 Å². The summed E-state index contributed by atoms with van der Waals surface area (Å²) in [6.45, 7) is 4.94. The molecule has 1 unspecified atom stereocenters. The molecule has 1 heterocycles. The predicted octanol–water partition coefficient (Wildman–Crippen LogP) is 3.29. The monoisotopic (exact) mass is 559 g/mol. The number of sulfonamides is 2. The van der Waals surface area contributed by atoms with Crippen LogP contribution in [0.3, 0.4) is 0 Å². The molecule has 0 radical (unpaired) electrons. The Morgan fingerprint density at radius 3 is 2.32 bits per heavy atom. The number of rotatable bonds is 8. The zero-order valence-electron chi connectivity index (χ0n) is 21.3. The first-order chi connectivity index (χ1) is 17.9. The number of nitrogens with one attached hydrogen (secondary N) is 2. The Hall–Kier alpha value is -3.61. The highest BCUT2D eigenvalue weighted by Crippen LogP contribution is 2.37. The van der Waals surface area contributed by atoms with Crippen molar-refractivity contribution in [3.8, 4) is 11.5 Å². The van der Waals surface area contributed by atoms with E-state index in [-0.39, 0.29) is 39.6 Å². The van der Waals surface area contributed by atoms with Crippen molar-refractivity contribution in [3.63, 3.8) is 0 Å². The molecule has 3 aromatic carbocycles. The Kier molecular flexibility index (Phi) is 7.68. The largest absolute Gasteiger partial charge is 0.495 e. The summed E-state index contributed by atoms with van der Waals surface area (Å²) in [5.74, 6) is -0.227. The summed E-state index contributed by atoms with van der Waals surface area (Å²) in [5.41, 5.74) is 1.31. The van der Waals surface area contributed by atoms with Crippen LogP contribution in [0.2, 0.25) is 0 Å². The first-order valence-electron chi connectivity index (χ1n) is 11.8. The summed E-state index contributed by atoms with van der Waals surface area (Å²) < 4.78 is 67.3. The standard InChI is InChI=1S/C26H29N3O7S2/c1-17(2)28-37(31,32)20-13-14-23(35-4)21(15-20)27-26(30)25-16-29(22-7-5-6-8-24(22)36-25)38(33,34)19-11-9-18(3)10-12-19/h5-15,17,25,28H,16H2,1-4H3,(H,27,30). The molecule has 202 valence electrons. The first-order valence-corrected chi connectivity index (χ1v) is 14.7. The van der Waals surface area contributed by atoms with E-state index in [1.54, 1.807) is 50.2 Å². The molecule has 0 saturated heterocycles. The second-order valence-corrected chi connectivity index (χ2v) is 12.6. The van der Waals surface area contributed by atoms with Gasteiger partial charge in [-0.2, -0.15) is 0 Å². The van der Waals surface area contributed by atoms with Crippen molar-refractivity contribution in [3.05, 3.63) is 72.3 Å². The molecule has 3 aromatic rings. The van der Waals surface area contributed by atoms with Gasteiger partial charge in [-0.05, 0) is 63.2 Å². The van der Waals surface area contributed by atoms with Gasteiger partial charge >= 0.3 is 0 Å². The lowest BCUT2D eigenvalue weighted by molar-refractivity contribution is -0.122. The number of carbonyl (C=O) groups excluding carboxylic acids is 1. The number of carbonyl (C=O) groups is 1. The van der Waals surface area contributed by atoms with Crippen LogP contribution in [0.5, 0.6) is 11.5 Å². The zero-order valence-corrected chi connectivity index (χ0v) is 23.0. The highest BCUT2D eigenvalue weighted by molar-refractivity contribution is 7.92. The molecular weight excluding hydrogens is 530 g/mol. The van der Waals surface area contributed by atoms with Gasteiger partial charge in [-0.1, -0.05) is 29.8 Å². The smallest absolute Gasteiger partial charge is 0.267 e. The average molecular weight is 560 g/mol. The van der Waals surface area contributed by atoms with E-state index in [1.807, 2.05) is 6.92 Å². The number of hydrogen-bond donors (Lipinski definition) is 2. The van der Waals surface area contributed by atoms with Crippen molar-refractivity contribution in [2.24, 2.45) is 0 Å². The van der Waals surface area contributed by atoms with Gasteiger partial charge in [-0.15, -0.1) is 0 Å². The topological polar surface area (TPSA) is 131 Å². The second-order valence-electron chi connectivity index (χ2n) is 9.05. The normalized spacial score (nSPS) is 15.5. The van der Waals surface area contributed by atoms with E-state index in [0.717, 1.165) is 9.87 Å². The minimum absolute atomic E-state index is 0.0687. The van der Waals surface area contributed by atoms with E-state index in [4.69, 9.17) is 9.47 Å². The quantitative estimate of drug-likeness (QED) is 0.433. The number of hydrogen-bond acceptors (Lipinski definition) is 7. The molecule has 1 amide bonds. The summed E-state index contributed by atoms with van der Waals surface area (Å²) in [6.07, 6.45) is -1.23. The lowest BCUT2D eigenvalue weighted by Crippen LogP contribution is -2.48. The number of amides is 1. The number of nitrogens with zero attached hydrogens (tertiary/aromatic N) is 1. The van der Waals surface area contributed by atoms with Crippen LogP contribution in [0.15, 0.2) is 76.5 Å². The molecule has 0 spiro atoms. The van der Waals surface area contributed by atoms with Crippen LogP contribution in [0.1, 0.15) is 19.4 Å². The Labute approximate surface area is 222 Å². The maximum Gasteiger partial charge on any atom is 0.267 e. The van der Waals surface area contributed by atoms with Crippen LogP contribution in [0, 0.1) is 6.92 Å². The minimum Gasteiger partial charge on any atom is -0.495 e. The number of aryl methyl sites for hydroxylation is 1. The molecule has 1 aliphatic rings. The molecule has 1 atom stereocenters. The molecule has 10 nitrogen and oxygen atoms in total. The van der Waals surface area contributed by atoms with Crippen molar-refractivity contribution in [1.29, 1.82) is 0 Å². The molecule has 0 fully saturated rings. The van der Waals surface area contributed by atoms with E-state index >= 15 is 0 Å². The van der Waals surface area contributed by atoms with E-state index in [9.17, 15) is 21.6 Å². The molecule has 0 saturated carbocycles. The van der Waals surface area contributed by atoms with Crippen LogP contribution < -0.4 is 23.8 Å². The number of ether oxygens (including phenoxy) is 2. The van der Waals surface area contributed by atoms with E-state index in [0.29, 0.717) is 5.69 Å². The van der Waals surface area contributed by atoms with E-state index < -0.39 is 32.1 Å². The van der Waals surface area contributed by atoms with Crippen molar-refractivity contribution >= 4 is 37.3 Å². The number of para-hydroxylation sites is 2. The van der Waals surface area contributed by atoms with Gasteiger partial charge in [-0.25, -0.2) is 21.6 Å². The molecule has 0 bridgehead atoms. The van der Waals surface area contributed by atoms with Crippen LogP contribution >= 0.6 is 0 Å². The van der Waals surface area contributed by atoms with E-state index in [1.165, 1.54) is 37.4 Å². The third-order valence-corrected chi connectivity index (χ3v) is 9.22. The van der Waals surface area contributed by atoms with Gasteiger partial charge in [0.25, 0.3) is 15.9 Å². The van der Waals surface area contributed by atoms with Crippen molar-refractivity contribution in [1.82, 2.24) is 4.72 Å². The second kappa shape index (κ2) is 10.6. The van der Waals surface area contributed by atoms with Crippen molar-refractivity contribution in [2.45, 2.75) is 42.7 Å². The Balaban J connectivity index is 1.66.